The van der Waals surface area contributed by atoms with Crippen molar-refractivity contribution in [2.24, 2.45) is 0 Å². The average molecular weight is 844 g/mol. The number of hydrogen-bond acceptors (Lipinski definition) is 14. The van der Waals surface area contributed by atoms with Crippen molar-refractivity contribution >= 4 is 65.3 Å². The van der Waals surface area contributed by atoms with Gasteiger partial charge in [-0.25, -0.2) is 14.4 Å². The Kier molecular flexibility index (Phi) is 12.9. The van der Waals surface area contributed by atoms with Crippen LogP contribution in [0.15, 0.2) is 78.9 Å². The van der Waals surface area contributed by atoms with Gasteiger partial charge < -0.3 is 39.4 Å². The van der Waals surface area contributed by atoms with Crippen molar-refractivity contribution < 1.29 is 62.1 Å². The molecule has 19 heteroatoms. The van der Waals surface area contributed by atoms with Crippen LogP contribution in [0.1, 0.15) is 55.2 Å². The van der Waals surface area contributed by atoms with Crippen molar-refractivity contribution in [2.75, 3.05) is 26.2 Å². The molecule has 3 heterocycles. The van der Waals surface area contributed by atoms with Crippen LogP contribution in [0.25, 0.3) is 0 Å². The molecular formula is C41H41N5O13S. The Morgan fingerprint density at radius 1 is 0.833 bits per heavy atom. The van der Waals surface area contributed by atoms with E-state index < -0.39 is 88.4 Å². The molecule has 3 aromatic rings. The summed E-state index contributed by atoms with van der Waals surface area (Å²) < 4.78 is 20.2. The summed E-state index contributed by atoms with van der Waals surface area (Å²) in [5.41, 5.74) is 0.900. The van der Waals surface area contributed by atoms with E-state index in [1.54, 1.807) is 74.5 Å². The first-order valence-corrected chi connectivity index (χ1v) is 19.6. The van der Waals surface area contributed by atoms with Crippen molar-refractivity contribution in [3.8, 4) is 11.5 Å². The molecule has 3 saturated heterocycles. The fourth-order valence-corrected chi connectivity index (χ4v) is 8.57. The highest BCUT2D eigenvalue weighted by molar-refractivity contribution is 8.01. The third-order valence-corrected chi connectivity index (χ3v) is 11.5. The average Bonchev–Trinajstić information content (AvgIpc) is 3.51. The van der Waals surface area contributed by atoms with E-state index in [-0.39, 0.29) is 43.3 Å². The Hall–Kier alpha value is -6.76. The summed E-state index contributed by atoms with van der Waals surface area (Å²) in [5, 5.41) is 4.35. The number of imide groups is 1. The molecule has 3 aliphatic rings. The molecule has 2 unspecified atom stereocenters. The SMILES string of the molecule is CCN1CCN(C(=O)N[C@@H](C(=O)NC2C(=O)N3C(C(=O)OCc4ccccc4)[C@](C)(COC(=O)c4ccc(OC(C)=O)c(OC(C)=O)c4)S[C@@H]23)c2ccccc2)C(=O)C1=O. The van der Waals surface area contributed by atoms with Crippen LogP contribution in [0.3, 0.4) is 0 Å². The maximum Gasteiger partial charge on any atom is 0.338 e. The second kappa shape index (κ2) is 18.0. The fourth-order valence-electron chi connectivity index (χ4n) is 6.89. The molecule has 314 valence electrons. The number of benzene rings is 3. The number of nitrogens with one attached hydrogen (secondary N) is 2. The van der Waals surface area contributed by atoms with Crippen molar-refractivity contribution in [1.82, 2.24) is 25.3 Å². The van der Waals surface area contributed by atoms with Crippen molar-refractivity contribution in [3.63, 3.8) is 0 Å². The number of urea groups is 1. The number of thioether (sulfide) groups is 1. The minimum atomic E-state index is -1.41. The predicted molar refractivity (Wildman–Crippen MR) is 210 cm³/mol. The van der Waals surface area contributed by atoms with Gasteiger partial charge >= 0.3 is 41.7 Å². The van der Waals surface area contributed by atoms with Crippen molar-refractivity contribution in [1.29, 1.82) is 0 Å². The lowest BCUT2D eigenvalue weighted by atomic mass is 9.94. The first-order chi connectivity index (χ1) is 28.6. The van der Waals surface area contributed by atoms with Crippen LogP contribution < -0.4 is 20.1 Å². The van der Waals surface area contributed by atoms with Crippen LogP contribution in [0, 0.1) is 0 Å². The summed E-state index contributed by atoms with van der Waals surface area (Å²) in [5.74, 6) is -6.84. The minimum Gasteiger partial charge on any atom is -0.461 e. The number of amides is 6. The Morgan fingerprint density at radius 2 is 1.48 bits per heavy atom. The highest BCUT2D eigenvalue weighted by Crippen LogP contribution is 2.52. The van der Waals surface area contributed by atoms with Gasteiger partial charge in [-0.05, 0) is 43.2 Å². The summed E-state index contributed by atoms with van der Waals surface area (Å²) in [6.07, 6.45) is 0. The van der Waals surface area contributed by atoms with E-state index in [0.717, 1.165) is 36.6 Å². The maximum atomic E-state index is 14.0. The Morgan fingerprint density at radius 3 is 2.13 bits per heavy atom. The van der Waals surface area contributed by atoms with Crippen molar-refractivity contribution in [3.05, 3.63) is 95.6 Å². The fraction of sp³-hybridized carbons (Fsp3) is 0.341. The van der Waals surface area contributed by atoms with E-state index in [0.29, 0.717) is 11.1 Å². The summed E-state index contributed by atoms with van der Waals surface area (Å²) in [6, 6.07) is 15.7. The quantitative estimate of drug-likeness (QED) is 0.109. The summed E-state index contributed by atoms with van der Waals surface area (Å²) in [7, 11) is 0. The Balaban J connectivity index is 1.21. The van der Waals surface area contributed by atoms with Gasteiger partial charge in [-0.15, -0.1) is 11.8 Å². The number of hydrogen-bond donors (Lipinski definition) is 2. The highest BCUT2D eigenvalue weighted by atomic mass is 32.2. The number of nitrogens with zero attached hydrogens (tertiary/aromatic N) is 3. The zero-order valence-corrected chi connectivity index (χ0v) is 33.7. The van der Waals surface area contributed by atoms with Crippen molar-refractivity contribution in [2.45, 2.75) is 62.5 Å². The van der Waals surface area contributed by atoms with Crippen LogP contribution in [0.2, 0.25) is 0 Å². The van der Waals surface area contributed by atoms with Gasteiger partial charge in [-0.3, -0.25) is 33.7 Å². The zero-order valence-electron chi connectivity index (χ0n) is 32.9. The molecule has 0 aromatic heterocycles. The molecule has 2 N–H and O–H groups in total. The molecule has 0 radical (unpaired) electrons. The number of fused-ring (bicyclic) bond motifs is 1. The smallest absolute Gasteiger partial charge is 0.338 e. The van der Waals surface area contributed by atoms with Gasteiger partial charge in [0.2, 0.25) is 11.8 Å². The lowest BCUT2D eigenvalue weighted by Gasteiger charge is -2.44. The van der Waals surface area contributed by atoms with Crippen LogP contribution >= 0.6 is 11.8 Å². The second-order valence-electron chi connectivity index (χ2n) is 14.1. The van der Waals surface area contributed by atoms with Gasteiger partial charge in [0, 0.05) is 33.5 Å². The van der Waals surface area contributed by atoms with Crippen LogP contribution in [-0.4, -0.2) is 117 Å². The first-order valence-electron chi connectivity index (χ1n) is 18.8. The number of carbonyl (C=O) groups excluding carboxylic acids is 9. The van der Waals surface area contributed by atoms with Gasteiger partial charge in [0.1, 0.15) is 36.7 Å². The maximum absolute atomic E-state index is 14.0. The minimum absolute atomic E-state index is 0.0891. The summed E-state index contributed by atoms with van der Waals surface area (Å²) in [4.78, 5) is 121. The van der Waals surface area contributed by atoms with Crippen LogP contribution in [0.5, 0.6) is 11.5 Å². The number of likely N-dealkylation sites (N-methyl/N-ethyl adjacent to an activating group) is 1. The normalized spacial score (nSPS) is 21.2. The lowest BCUT2D eigenvalue weighted by Crippen LogP contribution is -2.71. The topological polar surface area (TPSA) is 224 Å². The predicted octanol–water partition coefficient (Wildman–Crippen LogP) is 2.11. The largest absolute Gasteiger partial charge is 0.461 e. The molecular weight excluding hydrogens is 803 g/mol. The van der Waals surface area contributed by atoms with Gasteiger partial charge in [-0.2, -0.15) is 0 Å². The number of ether oxygens (including phenoxy) is 4. The van der Waals surface area contributed by atoms with E-state index in [1.807, 2.05) is 0 Å². The number of β-lactam (4-membered cyclic amide) rings is 1. The highest BCUT2D eigenvalue weighted by Gasteiger charge is 2.66. The molecule has 6 rings (SSSR count). The third kappa shape index (κ3) is 9.10. The summed E-state index contributed by atoms with van der Waals surface area (Å²) in [6.45, 7) is 5.29. The van der Waals surface area contributed by atoms with Gasteiger partial charge in [-0.1, -0.05) is 60.7 Å². The van der Waals surface area contributed by atoms with Gasteiger partial charge in [0.25, 0.3) is 0 Å². The monoisotopic (exact) mass is 843 g/mol. The summed E-state index contributed by atoms with van der Waals surface area (Å²) >= 11 is 1.08. The Labute approximate surface area is 347 Å². The first kappa shape index (κ1) is 42.8. The van der Waals surface area contributed by atoms with Gasteiger partial charge in [0.05, 0.1) is 10.3 Å². The molecule has 0 spiro atoms. The molecule has 0 bridgehead atoms. The lowest BCUT2D eigenvalue weighted by molar-refractivity contribution is -0.166. The second-order valence-corrected chi connectivity index (χ2v) is 15.8. The molecule has 60 heavy (non-hydrogen) atoms. The zero-order chi connectivity index (χ0) is 43.3. The Bertz CT molecular complexity index is 2220. The van der Waals surface area contributed by atoms with E-state index in [9.17, 15) is 43.2 Å². The van der Waals surface area contributed by atoms with E-state index >= 15 is 0 Å². The number of rotatable bonds is 13. The molecule has 3 fully saturated rings. The van der Waals surface area contributed by atoms with E-state index in [4.69, 9.17) is 18.9 Å². The van der Waals surface area contributed by atoms with Crippen LogP contribution in [-0.2, 0) is 49.6 Å². The molecule has 6 amide bonds. The van der Waals surface area contributed by atoms with Gasteiger partial charge in [0.15, 0.2) is 11.5 Å². The van der Waals surface area contributed by atoms with Crippen LogP contribution in [0.4, 0.5) is 4.79 Å². The number of piperazine rings is 1. The molecule has 3 aromatic carbocycles. The molecule has 18 nitrogen and oxygen atoms in total. The number of carbonyl (C=O) groups is 9. The standard InChI is InChI=1S/C41H41N5O13S/c1-5-44-18-19-45(36(52)35(44)51)40(55)43-30(26-14-10-7-11-15-26)33(49)42-31-34(50)46-32(39(54)56-21-25-12-8-6-9-13-25)41(4,60-37(31)46)22-57-38(53)27-16-17-28(58-23(2)47)29(20-27)59-24(3)48/h6-17,20,30-32,37H,5,18-19,21-22H2,1-4H3,(H,42,49)(H,43,55)/t30-,31?,32?,37+,41+/m1/s1. The van der Waals surface area contributed by atoms with E-state index in [2.05, 4.69) is 10.6 Å². The third-order valence-electron chi connectivity index (χ3n) is 9.85. The number of esters is 4. The molecule has 5 atom stereocenters. The van der Waals surface area contributed by atoms with E-state index in [1.165, 1.54) is 21.9 Å². The molecule has 0 aliphatic carbocycles. The molecule has 0 saturated carbocycles. The molecule has 3 aliphatic heterocycles.